The number of rotatable bonds is 8. The van der Waals surface area contributed by atoms with Crippen molar-refractivity contribution in [2.75, 3.05) is 22.9 Å². The molecule has 3 rings (SSSR count). The van der Waals surface area contributed by atoms with Crippen LogP contribution in [0.1, 0.15) is 17.3 Å². The van der Waals surface area contributed by atoms with Crippen LogP contribution >= 0.6 is 0 Å². The second-order valence-corrected chi connectivity index (χ2v) is 7.99. The number of H-pyrrole nitrogens is 1. The van der Waals surface area contributed by atoms with Gasteiger partial charge >= 0.3 is 0 Å². The molecule has 11 heteroatoms. The molecule has 0 fully saturated rings. The number of nitrogens with one attached hydrogen (secondary N) is 3. The molecule has 0 saturated heterocycles. The molecule has 1 aromatic carbocycles. The van der Waals surface area contributed by atoms with Crippen molar-refractivity contribution in [3.05, 3.63) is 48.2 Å². The monoisotopic (exact) mass is 416 g/mol. The number of sulfonamides is 1. The number of nitrogens with zero attached hydrogens (tertiary/aromatic N) is 2. The highest BCUT2D eigenvalue weighted by molar-refractivity contribution is 7.92. The fourth-order valence-corrected chi connectivity index (χ4v) is 3.19. The molecular formula is C18H20N6O4S. The van der Waals surface area contributed by atoms with Crippen molar-refractivity contribution in [1.29, 1.82) is 0 Å². The van der Waals surface area contributed by atoms with Gasteiger partial charge in [-0.2, -0.15) is 5.10 Å². The lowest BCUT2D eigenvalue weighted by molar-refractivity contribution is 0.100. The highest BCUT2D eigenvalue weighted by Crippen LogP contribution is 2.29. The molecule has 0 unspecified atom stereocenters. The summed E-state index contributed by atoms with van der Waals surface area (Å²) in [4.78, 5) is 16.1. The molecule has 0 atom stereocenters. The molecule has 0 aliphatic rings. The average Bonchev–Trinajstić information content (AvgIpc) is 3.12. The van der Waals surface area contributed by atoms with E-state index in [0.717, 1.165) is 0 Å². The number of carbonyl (C=O) groups is 1. The molecule has 3 aromatic rings. The summed E-state index contributed by atoms with van der Waals surface area (Å²) in [5.74, 6) is 0.0633. The van der Waals surface area contributed by atoms with Crippen molar-refractivity contribution in [2.24, 2.45) is 5.73 Å². The zero-order valence-electron chi connectivity index (χ0n) is 15.8. The van der Waals surface area contributed by atoms with E-state index in [1.165, 1.54) is 7.11 Å². The van der Waals surface area contributed by atoms with E-state index in [1.807, 2.05) is 0 Å². The predicted octanol–water partition coefficient (Wildman–Crippen LogP) is 2.08. The van der Waals surface area contributed by atoms with Gasteiger partial charge in [0.15, 0.2) is 0 Å². The van der Waals surface area contributed by atoms with Crippen LogP contribution < -0.4 is 20.5 Å². The molecule has 0 bridgehead atoms. The van der Waals surface area contributed by atoms with Crippen LogP contribution in [-0.4, -0.2) is 42.4 Å². The maximum atomic E-state index is 12.1. The van der Waals surface area contributed by atoms with Crippen LogP contribution in [0.4, 0.5) is 17.2 Å². The van der Waals surface area contributed by atoms with Crippen LogP contribution in [0, 0.1) is 0 Å². The quantitative estimate of drug-likeness (QED) is 0.439. The van der Waals surface area contributed by atoms with E-state index in [0.29, 0.717) is 34.3 Å². The first kappa shape index (κ1) is 20.1. The number of aromatic nitrogens is 3. The van der Waals surface area contributed by atoms with Crippen molar-refractivity contribution in [2.45, 2.75) is 6.92 Å². The van der Waals surface area contributed by atoms with Crippen molar-refractivity contribution in [3.63, 3.8) is 0 Å². The number of amides is 1. The second kappa shape index (κ2) is 8.19. The maximum absolute atomic E-state index is 12.1. The highest BCUT2D eigenvalue weighted by Gasteiger charge is 2.20. The minimum absolute atomic E-state index is 0.0326. The molecule has 0 spiro atoms. The lowest BCUT2D eigenvalue weighted by atomic mass is 10.1. The van der Waals surface area contributed by atoms with E-state index < -0.39 is 15.9 Å². The predicted molar refractivity (Wildman–Crippen MR) is 110 cm³/mol. The molecule has 0 radical (unpaired) electrons. The van der Waals surface area contributed by atoms with Crippen molar-refractivity contribution >= 4 is 33.1 Å². The Morgan fingerprint density at radius 1 is 1.17 bits per heavy atom. The minimum Gasteiger partial charge on any atom is -0.481 e. The van der Waals surface area contributed by atoms with Crippen molar-refractivity contribution in [3.8, 4) is 17.1 Å². The summed E-state index contributed by atoms with van der Waals surface area (Å²) < 4.78 is 30.8. The van der Waals surface area contributed by atoms with Crippen LogP contribution in [-0.2, 0) is 10.0 Å². The molecule has 2 heterocycles. The molecule has 0 aliphatic carbocycles. The van der Waals surface area contributed by atoms with Gasteiger partial charge in [0.1, 0.15) is 17.1 Å². The lowest BCUT2D eigenvalue weighted by Gasteiger charge is -2.08. The van der Waals surface area contributed by atoms with Gasteiger partial charge in [0.05, 0.1) is 24.7 Å². The molecular weight excluding hydrogens is 396 g/mol. The summed E-state index contributed by atoms with van der Waals surface area (Å²) in [5.41, 5.74) is 7.68. The zero-order chi connectivity index (χ0) is 21.0. The zero-order valence-corrected chi connectivity index (χ0v) is 16.6. The van der Waals surface area contributed by atoms with Gasteiger partial charge in [0.25, 0.3) is 5.91 Å². The number of aromatic amines is 1. The average molecular weight is 416 g/mol. The van der Waals surface area contributed by atoms with E-state index in [9.17, 15) is 13.2 Å². The molecule has 2 aromatic heterocycles. The Balaban J connectivity index is 1.89. The largest absolute Gasteiger partial charge is 0.481 e. The molecule has 5 N–H and O–H groups in total. The standard InChI is InChI=1S/C18H20N6O4S/c1-3-29(26,27)24-12-6-4-11(5-7-12)16-15(17(19)25)18(23-22-16)21-13-8-9-14(28-2)20-10-13/h4-10,24H,3H2,1-2H3,(H2,19,25)(H2,21,22,23). The first-order chi connectivity index (χ1) is 13.8. The summed E-state index contributed by atoms with van der Waals surface area (Å²) in [6.45, 7) is 1.55. The molecule has 152 valence electrons. The number of hydrogen-bond acceptors (Lipinski definition) is 7. The van der Waals surface area contributed by atoms with Crippen molar-refractivity contribution < 1.29 is 17.9 Å². The summed E-state index contributed by atoms with van der Waals surface area (Å²) in [6.07, 6.45) is 1.54. The Morgan fingerprint density at radius 2 is 1.86 bits per heavy atom. The van der Waals surface area contributed by atoms with Crippen LogP contribution in [0.3, 0.4) is 0 Å². The number of pyridine rings is 1. The fourth-order valence-electron chi connectivity index (χ4n) is 2.55. The molecule has 1 amide bonds. The van der Waals surface area contributed by atoms with Gasteiger partial charge in [-0.3, -0.25) is 14.6 Å². The minimum atomic E-state index is -3.38. The van der Waals surface area contributed by atoms with E-state index >= 15 is 0 Å². The van der Waals surface area contributed by atoms with Crippen LogP contribution in [0.5, 0.6) is 5.88 Å². The van der Waals surface area contributed by atoms with Gasteiger partial charge in [0, 0.05) is 17.3 Å². The SMILES string of the molecule is CCS(=O)(=O)Nc1ccc(-c2n[nH]c(Nc3ccc(OC)nc3)c2C(N)=O)cc1. The second-order valence-electron chi connectivity index (χ2n) is 5.98. The van der Waals surface area contributed by atoms with Crippen LogP contribution in [0.2, 0.25) is 0 Å². The third kappa shape index (κ3) is 4.63. The number of methoxy groups -OCH3 is 1. The van der Waals surface area contributed by atoms with E-state index in [4.69, 9.17) is 10.5 Å². The Morgan fingerprint density at radius 3 is 2.41 bits per heavy atom. The van der Waals surface area contributed by atoms with Crippen LogP contribution in [0.15, 0.2) is 42.6 Å². The van der Waals surface area contributed by atoms with Gasteiger partial charge in [-0.1, -0.05) is 12.1 Å². The highest BCUT2D eigenvalue weighted by atomic mass is 32.2. The van der Waals surface area contributed by atoms with Gasteiger partial charge in [-0.05, 0) is 25.1 Å². The number of carbonyl (C=O) groups excluding carboxylic acids is 1. The van der Waals surface area contributed by atoms with E-state index in [1.54, 1.807) is 49.5 Å². The maximum Gasteiger partial charge on any atom is 0.254 e. The summed E-state index contributed by atoms with van der Waals surface area (Å²) in [5, 5.41) is 9.96. The summed E-state index contributed by atoms with van der Waals surface area (Å²) >= 11 is 0. The summed E-state index contributed by atoms with van der Waals surface area (Å²) in [7, 11) is -1.86. The third-order valence-corrected chi connectivity index (χ3v) is 5.35. The molecule has 0 saturated carbocycles. The molecule has 10 nitrogen and oxygen atoms in total. The molecule has 0 aliphatic heterocycles. The fraction of sp³-hybridized carbons (Fsp3) is 0.167. The number of anilines is 3. The molecule has 29 heavy (non-hydrogen) atoms. The first-order valence-electron chi connectivity index (χ1n) is 8.59. The van der Waals surface area contributed by atoms with Gasteiger partial charge in [-0.25, -0.2) is 13.4 Å². The Labute approximate surface area is 167 Å². The Kier molecular flexibility index (Phi) is 5.69. The Bertz CT molecular complexity index is 1110. The van der Waals surface area contributed by atoms with E-state index in [2.05, 4.69) is 25.2 Å². The van der Waals surface area contributed by atoms with Crippen LogP contribution in [0.25, 0.3) is 11.3 Å². The lowest BCUT2D eigenvalue weighted by Crippen LogP contribution is -2.14. The van der Waals surface area contributed by atoms with Crippen molar-refractivity contribution in [1.82, 2.24) is 15.2 Å². The normalized spacial score (nSPS) is 11.1. The van der Waals surface area contributed by atoms with Gasteiger partial charge in [-0.15, -0.1) is 0 Å². The smallest absolute Gasteiger partial charge is 0.254 e. The Hall–Kier alpha value is -3.60. The number of ether oxygens (including phenoxy) is 1. The number of hydrogen-bond donors (Lipinski definition) is 4. The number of nitrogens with two attached hydrogens (primary N) is 1. The summed E-state index contributed by atoms with van der Waals surface area (Å²) in [6, 6.07) is 9.86. The number of primary amides is 1. The third-order valence-electron chi connectivity index (χ3n) is 4.04. The first-order valence-corrected chi connectivity index (χ1v) is 10.2. The van der Waals surface area contributed by atoms with E-state index in [-0.39, 0.29) is 11.3 Å². The van der Waals surface area contributed by atoms with Gasteiger partial charge in [0.2, 0.25) is 15.9 Å². The topological polar surface area (TPSA) is 152 Å². The number of benzene rings is 1. The van der Waals surface area contributed by atoms with Gasteiger partial charge < -0.3 is 15.8 Å².